The summed E-state index contributed by atoms with van der Waals surface area (Å²) in [6.07, 6.45) is 9.37. The van der Waals surface area contributed by atoms with Crippen LogP contribution in [0.15, 0.2) is 16.8 Å². The Morgan fingerprint density at radius 1 is 1.06 bits per heavy atom. The highest BCUT2D eigenvalue weighted by Crippen LogP contribution is 2.68. The number of hydrogen-bond donors (Lipinski definition) is 1. The van der Waals surface area contributed by atoms with E-state index in [1.807, 2.05) is 0 Å². The lowest BCUT2D eigenvalue weighted by atomic mass is 9.46. The summed E-state index contributed by atoms with van der Waals surface area (Å²) in [5, 5.41) is 12.8. The summed E-state index contributed by atoms with van der Waals surface area (Å²) < 4.78 is 5.84. The van der Waals surface area contributed by atoms with E-state index in [9.17, 15) is 14.4 Å². The molecule has 0 radical (unpaired) electrons. The van der Waals surface area contributed by atoms with Crippen molar-refractivity contribution in [2.24, 2.45) is 33.7 Å². The van der Waals surface area contributed by atoms with Crippen LogP contribution in [-0.4, -0.2) is 40.7 Å². The van der Waals surface area contributed by atoms with Gasteiger partial charge in [-0.2, -0.15) is 0 Å². The minimum absolute atomic E-state index is 0.0152. The maximum atomic E-state index is 12.8. The lowest BCUT2D eigenvalue weighted by Gasteiger charge is -2.59. The van der Waals surface area contributed by atoms with Crippen LogP contribution in [0.3, 0.4) is 0 Å². The second kappa shape index (κ2) is 7.99. The largest absolute Gasteiger partial charge is 0.479 e. The predicted octanol–water partition coefficient (Wildman–Crippen LogP) is 4.30. The first-order valence-electron chi connectivity index (χ1n) is 11.9. The first-order chi connectivity index (χ1) is 15.0. The average molecular weight is 446 g/mol. The van der Waals surface area contributed by atoms with Crippen molar-refractivity contribution in [2.45, 2.75) is 84.7 Å². The normalized spacial score (nSPS) is 41.7. The Kier molecular flexibility index (Phi) is 5.74. The summed E-state index contributed by atoms with van der Waals surface area (Å²) in [5.74, 6) is 0.00154. The molecule has 0 aliphatic heterocycles. The lowest BCUT2D eigenvalue weighted by molar-refractivity contribution is -0.187. The number of carboxylic acids is 1. The second-order valence-corrected chi connectivity index (χ2v) is 10.7. The van der Waals surface area contributed by atoms with Crippen molar-refractivity contribution in [3.05, 3.63) is 11.6 Å². The molecule has 7 nitrogen and oxygen atoms in total. The number of Topliss-reactive ketones (excluding diaryl/α,β-unsaturated/α-hetero) is 1. The molecule has 0 saturated heterocycles. The number of fused-ring (bicyclic) bond motifs is 5. The van der Waals surface area contributed by atoms with E-state index in [-0.39, 0.29) is 22.6 Å². The van der Waals surface area contributed by atoms with E-state index in [1.54, 1.807) is 6.92 Å². The Morgan fingerprint density at radius 3 is 2.44 bits per heavy atom. The number of carbonyl (C=O) groups excluding carboxylic acids is 2. The third kappa shape index (κ3) is 3.39. The SMILES string of the molecule is CC(=O)O[C@]1(C(C)=O)CC[C@@H]2[C@H]3CCC4=CC(=NOCC(=O)O)CC[C@]4(C)[C@H]3CC[C@@]21C. The number of nitrogens with zero attached hydrogens (tertiary/aromatic N) is 1. The first kappa shape index (κ1) is 23.0. The van der Waals surface area contributed by atoms with E-state index in [0.29, 0.717) is 24.2 Å². The topological polar surface area (TPSA) is 102 Å². The molecule has 0 aromatic carbocycles. The molecule has 3 fully saturated rings. The molecule has 176 valence electrons. The van der Waals surface area contributed by atoms with Crippen LogP contribution < -0.4 is 0 Å². The van der Waals surface area contributed by atoms with Crippen molar-refractivity contribution >= 4 is 23.4 Å². The van der Waals surface area contributed by atoms with Gasteiger partial charge in [0.15, 0.2) is 11.4 Å². The number of aliphatic carboxylic acids is 1. The summed E-state index contributed by atoms with van der Waals surface area (Å²) in [5.41, 5.74) is 0.999. The molecule has 0 aromatic heterocycles. The molecule has 4 rings (SSSR count). The minimum atomic E-state index is -1.03. The lowest BCUT2D eigenvalue weighted by Crippen LogP contribution is -2.58. The van der Waals surface area contributed by atoms with Crippen molar-refractivity contribution in [1.82, 2.24) is 0 Å². The number of carboxylic acid groups (broad SMARTS) is 1. The maximum absolute atomic E-state index is 12.8. The number of ketones is 1. The van der Waals surface area contributed by atoms with Crippen LogP contribution in [-0.2, 0) is 24.0 Å². The van der Waals surface area contributed by atoms with E-state index >= 15 is 0 Å². The third-order valence-electron chi connectivity index (χ3n) is 9.35. The highest BCUT2D eigenvalue weighted by atomic mass is 16.6. The number of oxime groups is 1. The monoisotopic (exact) mass is 445 g/mol. The first-order valence-corrected chi connectivity index (χ1v) is 11.9. The Labute approximate surface area is 189 Å². The van der Waals surface area contributed by atoms with Gasteiger partial charge in [0.05, 0.1) is 5.71 Å². The predicted molar refractivity (Wildman–Crippen MR) is 118 cm³/mol. The summed E-state index contributed by atoms with van der Waals surface area (Å²) in [6.45, 7) is 7.12. The van der Waals surface area contributed by atoms with Crippen LogP contribution in [0.1, 0.15) is 79.1 Å². The third-order valence-corrected chi connectivity index (χ3v) is 9.35. The zero-order valence-electron chi connectivity index (χ0n) is 19.6. The van der Waals surface area contributed by atoms with Gasteiger partial charge in [0.2, 0.25) is 6.61 Å². The Balaban J connectivity index is 1.59. The molecule has 3 saturated carbocycles. The molecule has 7 heteroatoms. The quantitative estimate of drug-likeness (QED) is 0.500. The molecule has 4 aliphatic carbocycles. The van der Waals surface area contributed by atoms with Gasteiger partial charge in [-0.3, -0.25) is 9.59 Å². The van der Waals surface area contributed by atoms with E-state index in [2.05, 4.69) is 25.1 Å². The van der Waals surface area contributed by atoms with Gasteiger partial charge in [-0.25, -0.2) is 4.79 Å². The van der Waals surface area contributed by atoms with Gasteiger partial charge in [-0.1, -0.05) is 24.6 Å². The smallest absolute Gasteiger partial charge is 0.344 e. The van der Waals surface area contributed by atoms with E-state index < -0.39 is 18.2 Å². The number of rotatable bonds is 5. The van der Waals surface area contributed by atoms with Crippen LogP contribution in [0.5, 0.6) is 0 Å². The van der Waals surface area contributed by atoms with Crippen LogP contribution in [0.2, 0.25) is 0 Å². The molecule has 4 aliphatic rings. The van der Waals surface area contributed by atoms with Gasteiger partial charge in [-0.05, 0) is 87.5 Å². The number of ether oxygens (including phenoxy) is 1. The summed E-state index contributed by atoms with van der Waals surface area (Å²) in [4.78, 5) is 40.4. The highest BCUT2D eigenvalue weighted by molar-refractivity contribution is 5.96. The van der Waals surface area contributed by atoms with Gasteiger partial charge >= 0.3 is 11.9 Å². The van der Waals surface area contributed by atoms with Crippen molar-refractivity contribution in [2.75, 3.05) is 6.61 Å². The standard InChI is InChI=1S/C25H35NO6/c1-15(27)25(32-16(2)28)12-9-21-19-6-5-17-13-18(26-31-14-22(29)30)7-10-23(17,3)20(19)8-11-24(21,25)4/h13,19-21H,5-12,14H2,1-4H3,(H,29,30)/t19-,20-,21+,23-,24-,25-/m0/s1. The van der Waals surface area contributed by atoms with Gasteiger partial charge < -0.3 is 14.7 Å². The van der Waals surface area contributed by atoms with Crippen molar-refractivity contribution in [1.29, 1.82) is 0 Å². The zero-order valence-corrected chi connectivity index (χ0v) is 19.6. The van der Waals surface area contributed by atoms with Crippen molar-refractivity contribution in [3.63, 3.8) is 0 Å². The summed E-state index contributed by atoms with van der Waals surface area (Å²) in [6, 6.07) is 0. The van der Waals surface area contributed by atoms with Gasteiger partial charge in [0, 0.05) is 12.3 Å². The molecule has 0 heterocycles. The van der Waals surface area contributed by atoms with Crippen molar-refractivity contribution in [3.8, 4) is 0 Å². The Morgan fingerprint density at radius 2 is 1.78 bits per heavy atom. The zero-order chi connectivity index (χ0) is 23.3. The van der Waals surface area contributed by atoms with Gasteiger partial charge in [0.1, 0.15) is 0 Å². The maximum Gasteiger partial charge on any atom is 0.344 e. The molecular weight excluding hydrogens is 410 g/mol. The Bertz CT molecular complexity index is 893. The van der Waals surface area contributed by atoms with Crippen LogP contribution in [0.4, 0.5) is 0 Å². The fraction of sp³-hybridized carbons (Fsp3) is 0.760. The molecule has 0 aromatic rings. The van der Waals surface area contributed by atoms with E-state index in [0.717, 1.165) is 50.7 Å². The van der Waals surface area contributed by atoms with E-state index in [4.69, 9.17) is 14.7 Å². The molecule has 1 N–H and O–H groups in total. The Hall–Kier alpha value is -2.18. The number of hydrogen-bond acceptors (Lipinski definition) is 6. The fourth-order valence-corrected chi connectivity index (χ4v) is 7.87. The van der Waals surface area contributed by atoms with Crippen LogP contribution >= 0.6 is 0 Å². The summed E-state index contributed by atoms with van der Waals surface area (Å²) >= 11 is 0. The summed E-state index contributed by atoms with van der Waals surface area (Å²) in [7, 11) is 0. The molecule has 0 amide bonds. The van der Waals surface area contributed by atoms with Crippen LogP contribution in [0, 0.1) is 28.6 Å². The number of carbonyl (C=O) groups is 3. The molecule has 6 atom stereocenters. The van der Waals surface area contributed by atoms with E-state index in [1.165, 1.54) is 12.5 Å². The average Bonchev–Trinajstić information content (AvgIpc) is 3.01. The van der Waals surface area contributed by atoms with Crippen LogP contribution in [0.25, 0.3) is 0 Å². The molecule has 0 spiro atoms. The molecule has 32 heavy (non-hydrogen) atoms. The molecule has 0 unspecified atom stereocenters. The fourth-order valence-electron chi connectivity index (χ4n) is 7.87. The van der Waals surface area contributed by atoms with Gasteiger partial charge in [-0.15, -0.1) is 0 Å². The van der Waals surface area contributed by atoms with Crippen molar-refractivity contribution < 1.29 is 29.1 Å². The highest BCUT2D eigenvalue weighted by Gasteiger charge is 2.67. The second-order valence-electron chi connectivity index (χ2n) is 10.7. The number of allylic oxidation sites excluding steroid dienone is 2. The molecular formula is C25H35NO6. The molecule has 0 bridgehead atoms. The van der Waals surface area contributed by atoms with Gasteiger partial charge in [0.25, 0.3) is 0 Å². The minimum Gasteiger partial charge on any atom is -0.479 e. The number of esters is 1.